The third-order valence-electron chi connectivity index (χ3n) is 6.43. The van der Waals surface area contributed by atoms with Crippen LogP contribution in [0.4, 0.5) is 0 Å². The van der Waals surface area contributed by atoms with E-state index in [1.54, 1.807) is 55.7 Å². The summed E-state index contributed by atoms with van der Waals surface area (Å²) in [6, 6.07) is 12.6. The number of ether oxygens (including phenoxy) is 2. The lowest BCUT2D eigenvalue weighted by Gasteiger charge is -2.26. The minimum absolute atomic E-state index is 0.0326. The van der Waals surface area contributed by atoms with Gasteiger partial charge in [-0.1, -0.05) is 25.5 Å². The van der Waals surface area contributed by atoms with Gasteiger partial charge in [-0.3, -0.25) is 14.6 Å². The number of carbonyl (C=O) groups excluding carboxylic acids is 2. The number of unbranched alkanes of at least 4 members (excludes halogenated alkanes) is 1. The highest BCUT2D eigenvalue weighted by Gasteiger charge is 2.46. The van der Waals surface area contributed by atoms with Gasteiger partial charge in [0.2, 0.25) is 0 Å². The third-order valence-corrected chi connectivity index (χ3v) is 6.43. The number of likely N-dealkylation sites (tertiary alicyclic amines) is 1. The van der Waals surface area contributed by atoms with E-state index in [2.05, 4.69) is 11.9 Å². The van der Waals surface area contributed by atoms with Gasteiger partial charge in [0, 0.05) is 24.5 Å². The number of carbonyl (C=O) groups is 2. The maximum absolute atomic E-state index is 13.4. The molecule has 0 saturated carbocycles. The Morgan fingerprint density at radius 3 is 2.58 bits per heavy atom. The van der Waals surface area contributed by atoms with E-state index in [1.165, 1.54) is 11.0 Å². The Hall–Kier alpha value is -4.33. The van der Waals surface area contributed by atoms with E-state index < -0.39 is 17.7 Å². The van der Waals surface area contributed by atoms with Crippen molar-refractivity contribution in [2.45, 2.75) is 46.2 Å². The van der Waals surface area contributed by atoms with E-state index in [4.69, 9.17) is 9.47 Å². The summed E-state index contributed by atoms with van der Waals surface area (Å²) >= 11 is 0. The average Bonchev–Trinajstić information content (AvgIpc) is 3.15. The number of nitrogens with zero attached hydrogens (tertiary/aromatic N) is 2. The normalized spacial score (nSPS) is 16.6. The zero-order valence-corrected chi connectivity index (χ0v) is 21.8. The Labute approximate surface area is 222 Å². The molecule has 0 bridgehead atoms. The number of aryl methyl sites for hydroxylation is 1. The van der Waals surface area contributed by atoms with Crippen LogP contribution >= 0.6 is 0 Å². The smallest absolute Gasteiger partial charge is 0.295 e. The molecule has 1 aliphatic rings. The van der Waals surface area contributed by atoms with Crippen molar-refractivity contribution in [1.82, 2.24) is 9.88 Å². The third kappa shape index (κ3) is 5.49. The van der Waals surface area contributed by atoms with Gasteiger partial charge in [-0.05, 0) is 73.4 Å². The lowest BCUT2D eigenvalue weighted by molar-refractivity contribution is -0.140. The minimum Gasteiger partial charge on any atom is -0.507 e. The van der Waals surface area contributed by atoms with Gasteiger partial charge in [0.25, 0.3) is 11.7 Å². The number of rotatable bonds is 10. The number of aliphatic hydroxyl groups is 1. The number of hydrogen-bond acceptors (Lipinski definition) is 7. The summed E-state index contributed by atoms with van der Waals surface area (Å²) in [5.74, 6) is -0.962. The van der Waals surface area contributed by atoms with E-state index in [1.807, 2.05) is 13.0 Å². The number of phenolic OH excluding ortho intramolecular Hbond substituents is 1. The molecule has 0 unspecified atom stereocenters. The van der Waals surface area contributed by atoms with Gasteiger partial charge >= 0.3 is 0 Å². The molecule has 0 aliphatic carbocycles. The summed E-state index contributed by atoms with van der Waals surface area (Å²) in [5.41, 5.74) is 2.35. The fourth-order valence-corrected chi connectivity index (χ4v) is 4.52. The van der Waals surface area contributed by atoms with Crippen LogP contribution in [0.3, 0.4) is 0 Å². The lowest BCUT2D eigenvalue weighted by atomic mass is 9.93. The summed E-state index contributed by atoms with van der Waals surface area (Å²) in [6.45, 7) is 6.70. The van der Waals surface area contributed by atoms with Crippen LogP contribution in [-0.4, -0.2) is 45.0 Å². The van der Waals surface area contributed by atoms with Crippen LogP contribution in [0, 0.1) is 6.92 Å². The van der Waals surface area contributed by atoms with E-state index in [9.17, 15) is 19.8 Å². The van der Waals surface area contributed by atoms with Crippen molar-refractivity contribution >= 4 is 17.4 Å². The van der Waals surface area contributed by atoms with E-state index in [0.29, 0.717) is 35.7 Å². The Balaban J connectivity index is 1.82. The quantitative estimate of drug-likeness (QED) is 0.163. The molecule has 2 aromatic carbocycles. The highest BCUT2D eigenvalue weighted by Crippen LogP contribution is 2.43. The van der Waals surface area contributed by atoms with Crippen molar-refractivity contribution in [3.8, 4) is 17.2 Å². The molecule has 1 fully saturated rings. The van der Waals surface area contributed by atoms with Crippen molar-refractivity contribution in [2.24, 2.45) is 0 Å². The monoisotopic (exact) mass is 516 g/mol. The van der Waals surface area contributed by atoms with Crippen LogP contribution in [-0.2, 0) is 16.1 Å². The van der Waals surface area contributed by atoms with Crippen molar-refractivity contribution in [2.75, 3.05) is 13.2 Å². The second-order valence-corrected chi connectivity index (χ2v) is 9.13. The number of benzene rings is 2. The molecule has 0 radical (unpaired) electrons. The molecular formula is C30H32N2O6. The second-order valence-electron chi connectivity index (χ2n) is 9.13. The van der Waals surface area contributed by atoms with Crippen LogP contribution in [0.15, 0.2) is 66.5 Å². The topological polar surface area (TPSA) is 109 Å². The summed E-state index contributed by atoms with van der Waals surface area (Å²) < 4.78 is 11.3. The van der Waals surface area contributed by atoms with Gasteiger partial charge in [0.05, 0.1) is 24.8 Å². The first kappa shape index (κ1) is 26.7. The molecule has 1 atom stereocenters. The summed E-state index contributed by atoms with van der Waals surface area (Å²) in [6.07, 6.45) is 5.19. The van der Waals surface area contributed by atoms with E-state index >= 15 is 0 Å². The maximum Gasteiger partial charge on any atom is 0.295 e. The number of ketones is 1. The van der Waals surface area contributed by atoms with Crippen molar-refractivity contribution < 1.29 is 29.3 Å². The summed E-state index contributed by atoms with van der Waals surface area (Å²) in [4.78, 5) is 32.2. The fourth-order valence-electron chi connectivity index (χ4n) is 4.52. The molecule has 1 saturated heterocycles. The fraction of sp³-hybridized carbons (Fsp3) is 0.300. The van der Waals surface area contributed by atoms with Crippen LogP contribution in [0.2, 0.25) is 0 Å². The number of aromatic nitrogens is 1. The van der Waals surface area contributed by atoms with Crippen LogP contribution in [0.25, 0.3) is 5.76 Å². The molecular weight excluding hydrogens is 484 g/mol. The van der Waals surface area contributed by atoms with E-state index in [0.717, 1.165) is 18.4 Å². The molecule has 4 rings (SSSR count). The molecule has 1 amide bonds. The zero-order chi connectivity index (χ0) is 27.2. The first-order chi connectivity index (χ1) is 18.3. The first-order valence-corrected chi connectivity index (χ1v) is 12.7. The average molecular weight is 517 g/mol. The molecule has 1 aliphatic heterocycles. The van der Waals surface area contributed by atoms with Gasteiger partial charge in [-0.15, -0.1) is 0 Å². The van der Waals surface area contributed by atoms with Gasteiger partial charge in [0.15, 0.2) is 11.5 Å². The standard InChI is InChI=1S/C30H32N2O6/c1-4-6-14-38-22-10-11-23(19(3)15-22)28(34)26-27(21-9-12-24(33)25(16-21)37-5-2)32(30(36)29(26)35)18-20-8-7-13-31-17-20/h7-13,15-17,27,33-34H,4-6,14,18H2,1-3H3/t27-/m0/s1. The number of phenols is 1. The molecule has 0 spiro atoms. The minimum atomic E-state index is -0.908. The predicted octanol–water partition coefficient (Wildman–Crippen LogP) is 5.30. The molecule has 38 heavy (non-hydrogen) atoms. The van der Waals surface area contributed by atoms with Crippen molar-refractivity contribution in [3.63, 3.8) is 0 Å². The largest absolute Gasteiger partial charge is 0.507 e. The number of Topliss-reactive ketones (excluding diaryl/α,β-unsaturated/α-hetero) is 1. The molecule has 2 heterocycles. The zero-order valence-electron chi connectivity index (χ0n) is 21.8. The van der Waals surface area contributed by atoms with Crippen LogP contribution in [0.1, 0.15) is 55.0 Å². The lowest BCUT2D eigenvalue weighted by Crippen LogP contribution is -2.29. The Bertz CT molecular complexity index is 1350. The second kappa shape index (κ2) is 11.8. The molecule has 8 nitrogen and oxygen atoms in total. The van der Waals surface area contributed by atoms with E-state index in [-0.39, 0.29) is 29.4 Å². The molecule has 3 aromatic rings. The Morgan fingerprint density at radius 1 is 1.08 bits per heavy atom. The predicted molar refractivity (Wildman–Crippen MR) is 143 cm³/mol. The SMILES string of the molecule is CCCCOc1ccc(C(O)=C2C(=O)C(=O)N(Cc3cccnc3)[C@H]2c2ccc(O)c(OCC)c2)c(C)c1. The van der Waals surface area contributed by atoms with Crippen LogP contribution < -0.4 is 9.47 Å². The van der Waals surface area contributed by atoms with Crippen LogP contribution in [0.5, 0.6) is 17.2 Å². The van der Waals surface area contributed by atoms with Gasteiger partial charge < -0.3 is 24.6 Å². The number of aliphatic hydroxyl groups excluding tert-OH is 1. The van der Waals surface area contributed by atoms with Crippen molar-refractivity contribution in [1.29, 1.82) is 0 Å². The maximum atomic E-state index is 13.4. The molecule has 1 aromatic heterocycles. The highest BCUT2D eigenvalue weighted by molar-refractivity contribution is 6.46. The van der Waals surface area contributed by atoms with Gasteiger partial charge in [-0.25, -0.2) is 0 Å². The summed E-state index contributed by atoms with van der Waals surface area (Å²) in [5, 5.41) is 21.7. The van der Waals surface area contributed by atoms with Gasteiger partial charge in [-0.2, -0.15) is 0 Å². The Kier molecular flexibility index (Phi) is 8.31. The van der Waals surface area contributed by atoms with Gasteiger partial charge in [0.1, 0.15) is 11.5 Å². The summed E-state index contributed by atoms with van der Waals surface area (Å²) in [7, 11) is 0. The highest BCUT2D eigenvalue weighted by atomic mass is 16.5. The number of aromatic hydroxyl groups is 1. The number of hydrogen-bond donors (Lipinski definition) is 2. The first-order valence-electron chi connectivity index (χ1n) is 12.7. The van der Waals surface area contributed by atoms with Crippen molar-refractivity contribution in [3.05, 3.63) is 88.8 Å². The Morgan fingerprint density at radius 2 is 1.89 bits per heavy atom. The molecule has 8 heteroatoms. The number of amides is 1. The molecule has 2 N–H and O–H groups in total. The molecule has 198 valence electrons. The number of pyridine rings is 1.